The summed E-state index contributed by atoms with van der Waals surface area (Å²) in [5.74, 6) is 0.362. The summed E-state index contributed by atoms with van der Waals surface area (Å²) in [6.07, 6.45) is 0.221. The molecule has 0 saturated carbocycles. The molecule has 0 bridgehead atoms. The van der Waals surface area contributed by atoms with Gasteiger partial charge in [0.15, 0.2) is 27.9 Å². The van der Waals surface area contributed by atoms with Crippen LogP contribution in [-0.4, -0.2) is 40.0 Å². The maximum Gasteiger partial charge on any atom is 0.344 e. The van der Waals surface area contributed by atoms with Gasteiger partial charge in [-0.3, -0.25) is 0 Å². The summed E-state index contributed by atoms with van der Waals surface area (Å²) >= 11 is 0. The van der Waals surface area contributed by atoms with Gasteiger partial charge < -0.3 is 14.2 Å². The predicted octanol–water partition coefficient (Wildman–Crippen LogP) is 2.87. The molecule has 6 nitrogen and oxygen atoms in total. The molecule has 26 heavy (non-hydrogen) atoms. The van der Waals surface area contributed by atoms with E-state index in [1.807, 2.05) is 13.0 Å². The van der Waals surface area contributed by atoms with Gasteiger partial charge in [0.05, 0.1) is 23.9 Å². The molecular formula is C19H22O6S. The van der Waals surface area contributed by atoms with Gasteiger partial charge in [0.25, 0.3) is 0 Å². The topological polar surface area (TPSA) is 78.9 Å². The van der Waals surface area contributed by atoms with Crippen molar-refractivity contribution in [1.29, 1.82) is 0 Å². The van der Waals surface area contributed by atoms with Gasteiger partial charge in [0.2, 0.25) is 0 Å². The fourth-order valence-electron chi connectivity index (χ4n) is 2.20. The molecule has 0 N–H and O–H groups in total. The van der Waals surface area contributed by atoms with E-state index in [9.17, 15) is 13.2 Å². The Morgan fingerprint density at radius 2 is 1.54 bits per heavy atom. The van der Waals surface area contributed by atoms with E-state index in [0.717, 1.165) is 0 Å². The number of hydrogen-bond acceptors (Lipinski definition) is 6. The number of esters is 1. The van der Waals surface area contributed by atoms with Crippen LogP contribution in [0.5, 0.6) is 11.5 Å². The molecule has 140 valence electrons. The number of ether oxygens (including phenoxy) is 3. The minimum absolute atomic E-state index is 0.0152. The van der Waals surface area contributed by atoms with E-state index in [0.29, 0.717) is 18.1 Å². The predicted molar refractivity (Wildman–Crippen MR) is 97.2 cm³/mol. The Morgan fingerprint density at radius 1 is 0.923 bits per heavy atom. The summed E-state index contributed by atoms with van der Waals surface area (Å²) in [6, 6.07) is 15.2. The number of carbonyl (C=O) groups is 1. The third-order valence-electron chi connectivity index (χ3n) is 3.42. The second-order valence-corrected chi connectivity index (χ2v) is 7.48. The fourth-order valence-corrected chi connectivity index (χ4v) is 3.51. The first-order valence-electron chi connectivity index (χ1n) is 8.31. The van der Waals surface area contributed by atoms with Crippen molar-refractivity contribution in [1.82, 2.24) is 0 Å². The molecule has 2 rings (SSSR count). The van der Waals surface area contributed by atoms with E-state index < -0.39 is 15.8 Å². The Morgan fingerprint density at radius 3 is 2.19 bits per heavy atom. The van der Waals surface area contributed by atoms with E-state index in [1.54, 1.807) is 48.5 Å². The standard InChI is InChI=1S/C19H22O6S/c1-2-23-17-11-6-7-12-18(17)25-15-19(20)24-13-8-14-26(21,22)16-9-4-3-5-10-16/h3-7,9-12H,2,8,13-15H2,1H3. The summed E-state index contributed by atoms with van der Waals surface area (Å²) < 4.78 is 40.0. The molecule has 0 aromatic heterocycles. The number of benzene rings is 2. The Labute approximate surface area is 153 Å². The molecular weight excluding hydrogens is 356 g/mol. The Bertz CT molecular complexity index is 802. The number of para-hydroxylation sites is 2. The van der Waals surface area contributed by atoms with Crippen molar-refractivity contribution in [3.8, 4) is 11.5 Å². The van der Waals surface area contributed by atoms with Gasteiger partial charge in [-0.05, 0) is 37.6 Å². The highest BCUT2D eigenvalue weighted by atomic mass is 32.2. The van der Waals surface area contributed by atoms with Crippen molar-refractivity contribution in [3.63, 3.8) is 0 Å². The first-order valence-corrected chi connectivity index (χ1v) is 9.96. The van der Waals surface area contributed by atoms with Crippen LogP contribution in [0.15, 0.2) is 59.5 Å². The maximum absolute atomic E-state index is 12.1. The van der Waals surface area contributed by atoms with E-state index >= 15 is 0 Å². The molecule has 0 aliphatic carbocycles. The quantitative estimate of drug-likeness (QED) is 0.467. The van der Waals surface area contributed by atoms with Gasteiger partial charge in [-0.1, -0.05) is 30.3 Å². The molecule has 0 amide bonds. The lowest BCUT2D eigenvalue weighted by atomic mass is 10.3. The van der Waals surface area contributed by atoms with Crippen molar-refractivity contribution in [2.45, 2.75) is 18.2 Å². The Balaban J connectivity index is 1.73. The van der Waals surface area contributed by atoms with Crippen LogP contribution in [0.2, 0.25) is 0 Å². The molecule has 7 heteroatoms. The maximum atomic E-state index is 12.1. The molecule has 0 unspecified atom stereocenters. The minimum atomic E-state index is -3.36. The highest BCUT2D eigenvalue weighted by molar-refractivity contribution is 7.91. The lowest BCUT2D eigenvalue weighted by Gasteiger charge is -2.11. The zero-order chi connectivity index (χ0) is 18.8. The smallest absolute Gasteiger partial charge is 0.344 e. The van der Waals surface area contributed by atoms with Gasteiger partial charge in [0, 0.05) is 0 Å². The largest absolute Gasteiger partial charge is 0.490 e. The molecule has 0 saturated heterocycles. The van der Waals surface area contributed by atoms with Crippen molar-refractivity contribution >= 4 is 15.8 Å². The van der Waals surface area contributed by atoms with Crippen molar-refractivity contribution in [2.75, 3.05) is 25.6 Å². The molecule has 2 aromatic rings. The molecule has 0 aliphatic heterocycles. The summed E-state index contributed by atoms with van der Waals surface area (Å²) in [5, 5.41) is 0. The monoisotopic (exact) mass is 378 g/mol. The van der Waals surface area contributed by atoms with Gasteiger partial charge >= 0.3 is 5.97 Å². The molecule has 0 fully saturated rings. The van der Waals surface area contributed by atoms with Crippen molar-refractivity contribution < 1.29 is 27.4 Å². The zero-order valence-electron chi connectivity index (χ0n) is 14.6. The van der Waals surface area contributed by atoms with Crippen LogP contribution in [0.3, 0.4) is 0 Å². The van der Waals surface area contributed by atoms with E-state index in [1.165, 1.54) is 0 Å². The number of hydrogen-bond donors (Lipinski definition) is 0. The van der Waals surface area contributed by atoms with Crippen molar-refractivity contribution in [3.05, 3.63) is 54.6 Å². The first kappa shape index (κ1) is 19.8. The third-order valence-corrected chi connectivity index (χ3v) is 5.23. The first-order chi connectivity index (χ1) is 12.5. The van der Waals surface area contributed by atoms with Crippen LogP contribution in [0, 0.1) is 0 Å². The fraction of sp³-hybridized carbons (Fsp3) is 0.316. The molecule has 0 spiro atoms. The van der Waals surface area contributed by atoms with E-state index in [4.69, 9.17) is 14.2 Å². The van der Waals surface area contributed by atoms with Crippen LogP contribution in [0.1, 0.15) is 13.3 Å². The van der Waals surface area contributed by atoms with E-state index in [-0.39, 0.29) is 30.3 Å². The average molecular weight is 378 g/mol. The van der Waals surface area contributed by atoms with Gasteiger partial charge in [-0.2, -0.15) is 0 Å². The molecule has 0 radical (unpaired) electrons. The van der Waals surface area contributed by atoms with E-state index in [2.05, 4.69) is 0 Å². The molecule has 0 atom stereocenters. The van der Waals surface area contributed by atoms with Crippen molar-refractivity contribution in [2.24, 2.45) is 0 Å². The van der Waals surface area contributed by atoms with Crippen LogP contribution in [0.25, 0.3) is 0 Å². The number of sulfone groups is 1. The second-order valence-electron chi connectivity index (χ2n) is 5.37. The van der Waals surface area contributed by atoms with Gasteiger partial charge in [-0.25, -0.2) is 13.2 Å². The Kier molecular flexibility index (Phi) is 7.47. The summed E-state index contributed by atoms with van der Waals surface area (Å²) in [4.78, 5) is 12.0. The second kappa shape index (κ2) is 9.82. The average Bonchev–Trinajstić information content (AvgIpc) is 2.65. The third kappa shape index (κ3) is 6.07. The number of rotatable bonds is 10. The minimum Gasteiger partial charge on any atom is -0.490 e. The lowest BCUT2D eigenvalue weighted by Crippen LogP contribution is -2.17. The van der Waals surface area contributed by atoms with Crippen LogP contribution < -0.4 is 9.47 Å². The summed E-state index contributed by atoms with van der Waals surface area (Å²) in [7, 11) is -3.36. The molecule has 0 heterocycles. The van der Waals surface area contributed by atoms with Crippen LogP contribution in [-0.2, 0) is 19.4 Å². The Hall–Kier alpha value is -2.54. The number of carbonyl (C=O) groups excluding carboxylic acids is 1. The zero-order valence-corrected chi connectivity index (χ0v) is 15.4. The van der Waals surface area contributed by atoms with Gasteiger partial charge in [0.1, 0.15) is 0 Å². The highest BCUT2D eigenvalue weighted by Gasteiger charge is 2.14. The lowest BCUT2D eigenvalue weighted by molar-refractivity contribution is -0.146. The van der Waals surface area contributed by atoms with Crippen LogP contribution >= 0.6 is 0 Å². The van der Waals surface area contributed by atoms with Crippen LogP contribution in [0.4, 0.5) is 0 Å². The summed E-state index contributed by atoms with van der Waals surface area (Å²) in [5.41, 5.74) is 0. The SMILES string of the molecule is CCOc1ccccc1OCC(=O)OCCCS(=O)(=O)c1ccccc1. The highest BCUT2D eigenvalue weighted by Crippen LogP contribution is 2.26. The van der Waals surface area contributed by atoms with Gasteiger partial charge in [-0.15, -0.1) is 0 Å². The summed E-state index contributed by atoms with van der Waals surface area (Å²) in [6.45, 7) is 2.09. The molecule has 2 aromatic carbocycles. The normalized spacial score (nSPS) is 11.0. The molecule has 0 aliphatic rings.